The first-order chi connectivity index (χ1) is 9.17. The average Bonchev–Trinajstić information content (AvgIpc) is 2.80. The van der Waals surface area contributed by atoms with E-state index in [4.69, 9.17) is 0 Å². The minimum absolute atomic E-state index is 0.0782. The lowest BCUT2D eigenvalue weighted by atomic mass is 10.2. The van der Waals surface area contributed by atoms with Crippen molar-refractivity contribution in [2.45, 2.75) is 46.2 Å². The van der Waals surface area contributed by atoms with Crippen LogP contribution in [0.15, 0.2) is 16.5 Å². The van der Waals surface area contributed by atoms with Crippen LogP contribution in [0.25, 0.3) is 10.2 Å². The van der Waals surface area contributed by atoms with Gasteiger partial charge in [0.05, 0.1) is 11.8 Å². The molecule has 0 atom stereocenters. The summed E-state index contributed by atoms with van der Waals surface area (Å²) in [6.45, 7) is 7.83. The molecule has 0 saturated carbocycles. The molecule has 0 radical (unpaired) electrons. The number of nitrogens with zero attached hydrogens (tertiary/aromatic N) is 2. The third-order valence-electron chi connectivity index (χ3n) is 3.49. The second-order valence-electron chi connectivity index (χ2n) is 4.81. The Balaban J connectivity index is 2.09. The standard InChI is InChI=1S/C14H21N3OS/c1-4-11(5-2)15-6-7-17-9-16-12-10(3)8-19-13(12)14(17)18/h8-9,11,15H,4-7H2,1-3H3. The van der Waals surface area contributed by atoms with E-state index in [-0.39, 0.29) is 5.56 Å². The smallest absolute Gasteiger partial charge is 0.271 e. The van der Waals surface area contributed by atoms with Gasteiger partial charge in [-0.3, -0.25) is 9.36 Å². The summed E-state index contributed by atoms with van der Waals surface area (Å²) in [6.07, 6.45) is 3.90. The van der Waals surface area contributed by atoms with Crippen LogP contribution in [0.2, 0.25) is 0 Å². The van der Waals surface area contributed by atoms with Crippen molar-refractivity contribution in [2.75, 3.05) is 6.54 Å². The van der Waals surface area contributed by atoms with E-state index in [1.54, 1.807) is 10.9 Å². The van der Waals surface area contributed by atoms with Crippen LogP contribution in [0.4, 0.5) is 0 Å². The third-order valence-corrected chi connectivity index (χ3v) is 4.57. The minimum Gasteiger partial charge on any atom is -0.312 e. The summed E-state index contributed by atoms with van der Waals surface area (Å²) in [5, 5.41) is 5.46. The maximum Gasteiger partial charge on any atom is 0.271 e. The van der Waals surface area contributed by atoms with Crippen molar-refractivity contribution in [3.8, 4) is 0 Å². The van der Waals surface area contributed by atoms with Crippen LogP contribution >= 0.6 is 11.3 Å². The zero-order chi connectivity index (χ0) is 13.8. The molecule has 2 rings (SSSR count). The summed E-state index contributed by atoms with van der Waals surface area (Å²) in [7, 11) is 0. The highest BCUT2D eigenvalue weighted by atomic mass is 32.1. The van der Waals surface area contributed by atoms with Crippen LogP contribution < -0.4 is 10.9 Å². The molecule has 0 amide bonds. The average molecular weight is 279 g/mol. The predicted octanol–water partition coefficient (Wildman–Crippen LogP) is 2.54. The van der Waals surface area contributed by atoms with Crippen molar-refractivity contribution < 1.29 is 0 Å². The van der Waals surface area contributed by atoms with Gasteiger partial charge in [0, 0.05) is 19.1 Å². The number of nitrogens with one attached hydrogen (secondary N) is 1. The molecular weight excluding hydrogens is 258 g/mol. The van der Waals surface area contributed by atoms with E-state index in [0.29, 0.717) is 12.6 Å². The van der Waals surface area contributed by atoms with E-state index >= 15 is 0 Å². The van der Waals surface area contributed by atoms with Gasteiger partial charge in [0.15, 0.2) is 0 Å². The van der Waals surface area contributed by atoms with Gasteiger partial charge in [-0.1, -0.05) is 13.8 Å². The Bertz CT molecular complexity index is 598. The van der Waals surface area contributed by atoms with Gasteiger partial charge in [-0.05, 0) is 30.7 Å². The number of aryl methyl sites for hydroxylation is 1. The fourth-order valence-corrected chi connectivity index (χ4v) is 3.14. The van der Waals surface area contributed by atoms with Crippen molar-refractivity contribution >= 4 is 21.6 Å². The quantitative estimate of drug-likeness (QED) is 0.884. The number of hydrogen-bond acceptors (Lipinski definition) is 4. The zero-order valence-corrected chi connectivity index (χ0v) is 12.6. The summed E-state index contributed by atoms with van der Waals surface area (Å²) in [5.74, 6) is 0. The van der Waals surface area contributed by atoms with E-state index in [1.165, 1.54) is 11.3 Å². The Morgan fingerprint density at radius 2 is 2.16 bits per heavy atom. The molecular formula is C14H21N3OS. The maximum atomic E-state index is 12.3. The van der Waals surface area contributed by atoms with E-state index in [0.717, 1.165) is 35.2 Å². The largest absolute Gasteiger partial charge is 0.312 e. The van der Waals surface area contributed by atoms with Crippen molar-refractivity contribution in [1.82, 2.24) is 14.9 Å². The van der Waals surface area contributed by atoms with Gasteiger partial charge in [-0.25, -0.2) is 4.98 Å². The van der Waals surface area contributed by atoms with Crippen LogP contribution in [-0.4, -0.2) is 22.1 Å². The summed E-state index contributed by atoms with van der Waals surface area (Å²) < 4.78 is 2.47. The highest BCUT2D eigenvalue weighted by molar-refractivity contribution is 7.17. The lowest BCUT2D eigenvalue weighted by Gasteiger charge is -2.14. The first-order valence-corrected chi connectivity index (χ1v) is 7.72. The van der Waals surface area contributed by atoms with E-state index in [9.17, 15) is 4.79 Å². The summed E-state index contributed by atoms with van der Waals surface area (Å²) in [5.41, 5.74) is 2.01. The second-order valence-corrected chi connectivity index (χ2v) is 5.69. The lowest BCUT2D eigenvalue weighted by Crippen LogP contribution is -2.33. The minimum atomic E-state index is 0.0782. The Morgan fingerprint density at radius 3 is 2.84 bits per heavy atom. The fourth-order valence-electron chi connectivity index (χ4n) is 2.19. The van der Waals surface area contributed by atoms with E-state index < -0.39 is 0 Å². The Morgan fingerprint density at radius 1 is 1.42 bits per heavy atom. The first kappa shape index (κ1) is 14.2. The number of rotatable bonds is 6. The molecule has 2 aromatic heterocycles. The third kappa shape index (κ3) is 3.04. The van der Waals surface area contributed by atoms with Crippen LogP contribution in [0.5, 0.6) is 0 Å². The molecule has 0 unspecified atom stereocenters. The fraction of sp³-hybridized carbons (Fsp3) is 0.571. The van der Waals surface area contributed by atoms with Crippen molar-refractivity contribution in [2.24, 2.45) is 0 Å². The Hall–Kier alpha value is -1.20. The SMILES string of the molecule is CCC(CC)NCCn1cnc2c(C)csc2c1=O. The van der Waals surface area contributed by atoms with Gasteiger partial charge < -0.3 is 5.32 Å². The highest BCUT2D eigenvalue weighted by Gasteiger charge is 2.08. The van der Waals surface area contributed by atoms with E-state index in [2.05, 4.69) is 24.1 Å². The van der Waals surface area contributed by atoms with Gasteiger partial charge in [-0.2, -0.15) is 0 Å². The van der Waals surface area contributed by atoms with Gasteiger partial charge in [0.2, 0.25) is 0 Å². The lowest BCUT2D eigenvalue weighted by molar-refractivity contribution is 0.462. The maximum absolute atomic E-state index is 12.3. The van der Waals surface area contributed by atoms with Crippen molar-refractivity contribution in [3.63, 3.8) is 0 Å². The number of hydrogen-bond donors (Lipinski definition) is 1. The molecule has 4 nitrogen and oxygen atoms in total. The summed E-state index contributed by atoms with van der Waals surface area (Å²) in [4.78, 5) is 16.6. The predicted molar refractivity (Wildman–Crippen MR) is 81.0 cm³/mol. The molecule has 0 fully saturated rings. The molecule has 1 N–H and O–H groups in total. The number of thiophene rings is 1. The molecule has 0 aliphatic rings. The van der Waals surface area contributed by atoms with Crippen molar-refractivity contribution in [3.05, 3.63) is 27.6 Å². The molecule has 0 aromatic carbocycles. The van der Waals surface area contributed by atoms with Crippen LogP contribution in [0.1, 0.15) is 32.3 Å². The van der Waals surface area contributed by atoms with Crippen molar-refractivity contribution in [1.29, 1.82) is 0 Å². The monoisotopic (exact) mass is 279 g/mol. The zero-order valence-electron chi connectivity index (χ0n) is 11.8. The summed E-state index contributed by atoms with van der Waals surface area (Å²) in [6, 6.07) is 0.538. The molecule has 2 aromatic rings. The molecule has 5 heteroatoms. The Kier molecular flexibility index (Phi) is 4.71. The van der Waals surface area contributed by atoms with E-state index in [1.807, 2.05) is 12.3 Å². The van der Waals surface area contributed by atoms with Crippen LogP contribution in [-0.2, 0) is 6.54 Å². The molecule has 0 bridgehead atoms. The topological polar surface area (TPSA) is 46.9 Å². The second kappa shape index (κ2) is 6.30. The number of fused-ring (bicyclic) bond motifs is 1. The van der Waals surface area contributed by atoms with Gasteiger partial charge in [0.25, 0.3) is 5.56 Å². The molecule has 0 saturated heterocycles. The molecule has 104 valence electrons. The normalized spacial score (nSPS) is 11.6. The molecule has 0 spiro atoms. The number of aromatic nitrogens is 2. The van der Waals surface area contributed by atoms with Gasteiger partial charge in [0.1, 0.15) is 4.70 Å². The molecule has 0 aliphatic carbocycles. The van der Waals surface area contributed by atoms with Crippen LogP contribution in [0, 0.1) is 6.92 Å². The molecule has 2 heterocycles. The van der Waals surface area contributed by atoms with Crippen LogP contribution in [0.3, 0.4) is 0 Å². The Labute approximate surface area is 117 Å². The van der Waals surface area contributed by atoms with Gasteiger partial charge in [-0.15, -0.1) is 11.3 Å². The van der Waals surface area contributed by atoms with Gasteiger partial charge >= 0.3 is 0 Å². The highest BCUT2D eigenvalue weighted by Crippen LogP contribution is 2.19. The summed E-state index contributed by atoms with van der Waals surface area (Å²) >= 11 is 1.49. The molecule has 0 aliphatic heterocycles. The molecule has 19 heavy (non-hydrogen) atoms. The first-order valence-electron chi connectivity index (χ1n) is 6.84.